The van der Waals surface area contributed by atoms with E-state index in [1.807, 2.05) is 36.4 Å². The van der Waals surface area contributed by atoms with E-state index in [0.717, 1.165) is 37.1 Å². The predicted octanol–water partition coefficient (Wildman–Crippen LogP) is 5.44. The van der Waals surface area contributed by atoms with Crippen LogP contribution in [-0.4, -0.2) is 0 Å². The molecule has 0 atom stereocenters. The molecular weight excluding hydrogens is 244 g/mol. The lowest BCUT2D eigenvalue weighted by Gasteiger charge is -2.01. The highest BCUT2D eigenvalue weighted by Gasteiger charge is 2.03. The molecule has 98 valence electrons. The van der Waals surface area contributed by atoms with Crippen molar-refractivity contribution in [3.63, 3.8) is 0 Å². The van der Waals surface area contributed by atoms with E-state index in [1.165, 1.54) is 11.1 Å². The first-order valence-electron chi connectivity index (χ1n) is 6.81. The van der Waals surface area contributed by atoms with Crippen LogP contribution in [0.2, 0.25) is 0 Å². The Morgan fingerprint density at radius 2 is 1.15 bits per heavy atom. The summed E-state index contributed by atoms with van der Waals surface area (Å²) in [5, 5.41) is 0. The molecule has 2 heteroatoms. The smallest absolute Gasteiger partial charge is 0.0585 e. The van der Waals surface area contributed by atoms with Crippen LogP contribution in [0.1, 0.15) is 24.0 Å². The summed E-state index contributed by atoms with van der Waals surface area (Å²) in [5.41, 5.74) is 4.23. The Morgan fingerprint density at radius 3 is 1.55 bits per heavy atom. The highest BCUT2D eigenvalue weighted by Crippen LogP contribution is 2.18. The molecule has 0 spiro atoms. The minimum atomic E-state index is 0.833. The Hall–Kier alpha value is -2.58. The molecule has 0 unspecified atom stereocenters. The first kappa shape index (κ1) is 13.8. The summed E-state index contributed by atoms with van der Waals surface area (Å²) in [6.07, 6.45) is 4.37. The standard InChI is InChI=1S/C18H18N2/c1-19-17-11-5-9-15(13-17)7-3-4-8-16-10-6-12-18(14-16)20-2/h1-2,5-6,9-14H,3-4,7-8H2/q+2. The van der Waals surface area contributed by atoms with Crippen molar-refractivity contribution in [1.29, 1.82) is 0 Å². The first-order chi connectivity index (χ1) is 9.81. The maximum atomic E-state index is 5.28. The number of aryl methyl sites for hydroxylation is 2. The average Bonchev–Trinajstić information content (AvgIpc) is 2.52. The summed E-state index contributed by atoms with van der Waals surface area (Å²) >= 11 is 0. The van der Waals surface area contributed by atoms with Gasteiger partial charge in [-0.05, 0) is 46.5 Å². The fraction of sp³-hybridized carbons (Fsp3) is 0.222. The Bertz CT molecular complexity index is 600. The minimum Gasteiger partial charge on any atom is -0.0585 e. The van der Waals surface area contributed by atoms with Crippen LogP contribution in [0.5, 0.6) is 0 Å². The zero-order chi connectivity index (χ0) is 14.2. The zero-order valence-corrected chi connectivity index (χ0v) is 11.5. The van der Waals surface area contributed by atoms with Gasteiger partial charge in [-0.3, -0.25) is 0 Å². The van der Waals surface area contributed by atoms with E-state index < -0.39 is 0 Å². The second-order valence-corrected chi connectivity index (χ2v) is 4.81. The first-order valence-corrected chi connectivity index (χ1v) is 6.81. The van der Waals surface area contributed by atoms with Gasteiger partial charge in [0.05, 0.1) is 0 Å². The molecule has 0 bridgehead atoms. The molecule has 0 aromatic heterocycles. The molecule has 0 heterocycles. The molecular formula is C18H18N2+2. The van der Waals surface area contributed by atoms with Gasteiger partial charge in [-0.1, -0.05) is 24.3 Å². The highest BCUT2D eigenvalue weighted by atomic mass is 14.6. The summed E-state index contributed by atoms with van der Waals surface area (Å²) in [5.74, 6) is 0. The van der Waals surface area contributed by atoms with E-state index in [1.54, 1.807) is 0 Å². The van der Waals surface area contributed by atoms with Crippen molar-refractivity contribution in [1.82, 2.24) is 0 Å². The molecule has 2 rings (SSSR count). The third kappa shape index (κ3) is 3.97. The fourth-order valence-electron chi connectivity index (χ4n) is 2.24. The van der Waals surface area contributed by atoms with Crippen molar-refractivity contribution in [3.05, 3.63) is 69.3 Å². The van der Waals surface area contributed by atoms with Crippen LogP contribution < -0.4 is 0 Å². The molecule has 0 saturated heterocycles. The van der Waals surface area contributed by atoms with Gasteiger partial charge in [-0.2, -0.15) is 0 Å². The molecule has 0 aliphatic rings. The van der Waals surface area contributed by atoms with Gasteiger partial charge in [0.1, 0.15) is 0 Å². The van der Waals surface area contributed by atoms with E-state index in [2.05, 4.69) is 21.8 Å². The lowest BCUT2D eigenvalue weighted by atomic mass is 10.0. The number of rotatable bonds is 5. The SMILES string of the molecule is C#[N+]c1cccc(CCCCc2cccc([N+]#C)c2)c1. The summed E-state index contributed by atoms with van der Waals surface area (Å²) in [4.78, 5) is 7.41. The van der Waals surface area contributed by atoms with Gasteiger partial charge in [0.2, 0.25) is 0 Å². The molecule has 0 amide bonds. The molecule has 2 aromatic rings. The normalized spacial score (nSPS) is 9.70. The molecule has 0 fully saturated rings. The highest BCUT2D eigenvalue weighted by molar-refractivity contribution is 5.48. The largest absolute Gasteiger partial charge is 0.340 e. The van der Waals surface area contributed by atoms with Crippen LogP contribution in [0.4, 0.5) is 11.4 Å². The Balaban J connectivity index is 1.81. The predicted molar refractivity (Wildman–Crippen MR) is 85.5 cm³/mol. The van der Waals surface area contributed by atoms with E-state index in [4.69, 9.17) is 13.1 Å². The third-order valence-electron chi connectivity index (χ3n) is 3.30. The van der Waals surface area contributed by atoms with Crippen LogP contribution in [0.15, 0.2) is 48.5 Å². The van der Waals surface area contributed by atoms with Crippen molar-refractivity contribution >= 4 is 11.4 Å². The molecule has 0 aliphatic carbocycles. The van der Waals surface area contributed by atoms with Crippen molar-refractivity contribution < 1.29 is 0 Å². The molecule has 0 aliphatic heterocycles. The lowest BCUT2D eigenvalue weighted by Crippen LogP contribution is -1.89. The second kappa shape index (κ2) is 7.12. The van der Waals surface area contributed by atoms with Gasteiger partial charge in [-0.15, -0.1) is 0 Å². The lowest BCUT2D eigenvalue weighted by molar-refractivity contribution is 0.735. The van der Waals surface area contributed by atoms with Gasteiger partial charge >= 0.3 is 11.4 Å². The number of unbranched alkanes of at least 4 members (excludes halogenated alkanes) is 1. The molecule has 0 radical (unpaired) electrons. The summed E-state index contributed by atoms with van der Waals surface area (Å²) in [7, 11) is 0. The van der Waals surface area contributed by atoms with Crippen LogP contribution in [-0.2, 0) is 12.8 Å². The van der Waals surface area contributed by atoms with Gasteiger partial charge in [0.15, 0.2) is 0 Å². The summed E-state index contributed by atoms with van der Waals surface area (Å²) in [6, 6.07) is 16.1. The van der Waals surface area contributed by atoms with E-state index in [-0.39, 0.29) is 0 Å². The van der Waals surface area contributed by atoms with Gasteiger partial charge < -0.3 is 0 Å². The van der Waals surface area contributed by atoms with Crippen LogP contribution in [0.3, 0.4) is 0 Å². The van der Waals surface area contributed by atoms with Crippen molar-refractivity contribution in [2.45, 2.75) is 25.7 Å². The van der Waals surface area contributed by atoms with E-state index in [0.29, 0.717) is 0 Å². The molecule has 2 aromatic carbocycles. The maximum absolute atomic E-state index is 5.28. The van der Waals surface area contributed by atoms with Crippen LogP contribution in [0.25, 0.3) is 9.69 Å². The average molecular weight is 262 g/mol. The zero-order valence-electron chi connectivity index (χ0n) is 11.5. The van der Waals surface area contributed by atoms with E-state index >= 15 is 0 Å². The second-order valence-electron chi connectivity index (χ2n) is 4.81. The summed E-state index contributed by atoms with van der Waals surface area (Å²) < 4.78 is 0. The quantitative estimate of drug-likeness (QED) is 0.634. The van der Waals surface area contributed by atoms with Crippen LogP contribution >= 0.6 is 0 Å². The van der Waals surface area contributed by atoms with Gasteiger partial charge in [0.25, 0.3) is 13.1 Å². The Morgan fingerprint density at radius 1 is 0.700 bits per heavy atom. The Labute approximate surface area is 120 Å². The number of hydrogen-bond acceptors (Lipinski definition) is 0. The van der Waals surface area contributed by atoms with Crippen molar-refractivity contribution in [3.8, 4) is 13.1 Å². The number of hydrogen-bond donors (Lipinski definition) is 0. The van der Waals surface area contributed by atoms with Gasteiger partial charge in [0, 0.05) is 24.3 Å². The van der Waals surface area contributed by atoms with Crippen molar-refractivity contribution in [2.24, 2.45) is 0 Å². The fourth-order valence-corrected chi connectivity index (χ4v) is 2.24. The third-order valence-corrected chi connectivity index (χ3v) is 3.30. The molecule has 2 nitrogen and oxygen atoms in total. The van der Waals surface area contributed by atoms with Crippen LogP contribution in [0, 0.1) is 13.1 Å². The van der Waals surface area contributed by atoms with E-state index in [9.17, 15) is 0 Å². The molecule has 0 saturated carbocycles. The van der Waals surface area contributed by atoms with Crippen molar-refractivity contribution in [2.75, 3.05) is 0 Å². The summed E-state index contributed by atoms with van der Waals surface area (Å²) in [6.45, 7) is 10.6. The number of benzene rings is 2. The van der Waals surface area contributed by atoms with Gasteiger partial charge in [-0.25, -0.2) is 0 Å². The molecule has 20 heavy (non-hydrogen) atoms. The number of nitrogens with zero attached hydrogens (tertiary/aromatic N) is 2. The topological polar surface area (TPSA) is 8.72 Å². The minimum absolute atomic E-state index is 0.833. The Kier molecular flexibility index (Phi) is 4.93. The molecule has 0 N–H and O–H groups in total. The maximum Gasteiger partial charge on any atom is 0.340 e. The monoisotopic (exact) mass is 262 g/mol.